The molecule has 0 saturated carbocycles. The maximum Gasteiger partial charge on any atom is 0.330 e. The van der Waals surface area contributed by atoms with Gasteiger partial charge in [0.15, 0.2) is 0 Å². The molecule has 0 aliphatic carbocycles. The van der Waals surface area contributed by atoms with Crippen LogP contribution in [-0.2, 0) is 19.0 Å². The van der Waals surface area contributed by atoms with Gasteiger partial charge in [-0.25, -0.2) is 4.79 Å². The number of epoxide rings is 1. The molecule has 1 aromatic carbocycles. The predicted octanol–water partition coefficient (Wildman–Crippen LogP) is 3.53. The van der Waals surface area contributed by atoms with Crippen LogP contribution in [0.5, 0.6) is 5.75 Å². The van der Waals surface area contributed by atoms with E-state index < -0.39 is 0 Å². The largest absolute Gasteiger partial charge is 0.496 e. The van der Waals surface area contributed by atoms with Gasteiger partial charge in [0.25, 0.3) is 0 Å². The van der Waals surface area contributed by atoms with Crippen LogP contribution < -0.4 is 4.74 Å². The summed E-state index contributed by atoms with van der Waals surface area (Å²) < 4.78 is 21.7. The second kappa shape index (κ2) is 9.45. The monoisotopic (exact) mass is 334 g/mol. The highest BCUT2D eigenvalue weighted by molar-refractivity contribution is 5.88. The van der Waals surface area contributed by atoms with E-state index in [1.807, 2.05) is 18.2 Å². The quantitative estimate of drug-likeness (QED) is 0.372. The molecule has 1 saturated heterocycles. The molecule has 1 aromatic rings. The molecule has 1 heterocycles. The van der Waals surface area contributed by atoms with Crippen molar-refractivity contribution >= 4 is 12.0 Å². The first kappa shape index (κ1) is 18.5. The Balaban J connectivity index is 2.25. The molecular weight excluding hydrogens is 308 g/mol. The van der Waals surface area contributed by atoms with Crippen molar-refractivity contribution in [2.75, 3.05) is 26.9 Å². The molecule has 1 fully saturated rings. The molecule has 24 heavy (non-hydrogen) atoms. The van der Waals surface area contributed by atoms with Crippen LogP contribution in [-0.4, -0.2) is 39.0 Å². The van der Waals surface area contributed by atoms with Crippen LogP contribution in [0.15, 0.2) is 24.3 Å². The fraction of sp³-hybridized carbons (Fsp3) is 0.526. The van der Waals surface area contributed by atoms with Crippen molar-refractivity contribution in [2.24, 2.45) is 0 Å². The lowest BCUT2D eigenvalue weighted by Crippen LogP contribution is -2.11. The highest BCUT2D eigenvalue weighted by Crippen LogP contribution is 2.33. The van der Waals surface area contributed by atoms with Crippen LogP contribution in [0.25, 0.3) is 6.08 Å². The molecule has 1 unspecified atom stereocenters. The Labute approximate surface area is 143 Å². The summed E-state index contributed by atoms with van der Waals surface area (Å²) in [5.74, 6) is 0.342. The molecule has 0 N–H and O–H groups in total. The van der Waals surface area contributed by atoms with Gasteiger partial charge >= 0.3 is 5.97 Å². The number of ether oxygens (including phenoxy) is 4. The van der Waals surface area contributed by atoms with Gasteiger partial charge < -0.3 is 18.9 Å². The molecule has 0 spiro atoms. The van der Waals surface area contributed by atoms with Gasteiger partial charge in [-0.3, -0.25) is 0 Å². The summed E-state index contributed by atoms with van der Waals surface area (Å²) >= 11 is 0. The van der Waals surface area contributed by atoms with E-state index in [1.54, 1.807) is 20.1 Å². The molecule has 1 aliphatic heterocycles. The van der Waals surface area contributed by atoms with Gasteiger partial charge in [0.1, 0.15) is 11.9 Å². The summed E-state index contributed by atoms with van der Waals surface area (Å²) in [5.41, 5.74) is 1.86. The van der Waals surface area contributed by atoms with E-state index in [9.17, 15) is 4.79 Å². The maximum atomic E-state index is 11.6. The Morgan fingerprint density at radius 1 is 1.42 bits per heavy atom. The second-order valence-electron chi connectivity index (χ2n) is 5.61. The highest BCUT2D eigenvalue weighted by atomic mass is 16.6. The molecule has 1 aliphatic rings. The Morgan fingerprint density at radius 3 is 2.83 bits per heavy atom. The summed E-state index contributed by atoms with van der Waals surface area (Å²) in [6.45, 7) is 5.62. The number of hydrogen-bond acceptors (Lipinski definition) is 5. The molecule has 2 atom stereocenters. The number of esters is 1. The van der Waals surface area contributed by atoms with Gasteiger partial charge in [-0.15, -0.1) is 0 Å². The van der Waals surface area contributed by atoms with Gasteiger partial charge in [-0.05, 0) is 31.1 Å². The molecular formula is C19H26O5. The van der Waals surface area contributed by atoms with Crippen LogP contribution in [0.1, 0.15) is 43.9 Å². The molecule has 5 nitrogen and oxygen atoms in total. The van der Waals surface area contributed by atoms with Crippen LogP contribution in [0.2, 0.25) is 0 Å². The lowest BCUT2D eigenvalue weighted by Gasteiger charge is -2.21. The van der Waals surface area contributed by atoms with Crippen LogP contribution >= 0.6 is 0 Å². The summed E-state index contributed by atoms with van der Waals surface area (Å²) in [6, 6.07) is 5.83. The highest BCUT2D eigenvalue weighted by Gasteiger charge is 2.25. The topological polar surface area (TPSA) is 57.3 Å². The summed E-state index contributed by atoms with van der Waals surface area (Å²) in [6.07, 6.45) is 5.21. The second-order valence-corrected chi connectivity index (χ2v) is 5.61. The Hall–Kier alpha value is -1.85. The standard InChI is InChI=1S/C19H26O5/c1-4-7-18(24-13-14-12-23-14)15-8-6-9-17(21-3)16(15)10-11-19(20)22-5-2/h6,8-11,14,18H,4-5,7,12-13H2,1-3H3/t14?,18-/m1/s1. The molecule has 5 heteroatoms. The van der Waals surface area contributed by atoms with Crippen molar-refractivity contribution < 1.29 is 23.7 Å². The fourth-order valence-electron chi connectivity index (χ4n) is 2.52. The van der Waals surface area contributed by atoms with E-state index in [4.69, 9.17) is 18.9 Å². The smallest absolute Gasteiger partial charge is 0.330 e. The summed E-state index contributed by atoms with van der Waals surface area (Å²) in [7, 11) is 1.62. The summed E-state index contributed by atoms with van der Waals surface area (Å²) in [4.78, 5) is 11.6. The predicted molar refractivity (Wildman–Crippen MR) is 92.0 cm³/mol. The number of methoxy groups -OCH3 is 1. The van der Waals surface area contributed by atoms with Crippen molar-refractivity contribution in [1.29, 1.82) is 0 Å². The van der Waals surface area contributed by atoms with Gasteiger partial charge in [0, 0.05) is 11.6 Å². The van der Waals surface area contributed by atoms with Gasteiger partial charge in [-0.1, -0.05) is 25.5 Å². The molecule has 0 bridgehead atoms. The molecule has 2 rings (SSSR count). The van der Waals surface area contributed by atoms with Crippen LogP contribution in [0.3, 0.4) is 0 Å². The van der Waals surface area contributed by atoms with E-state index >= 15 is 0 Å². The Bertz CT molecular complexity index is 563. The fourth-order valence-corrected chi connectivity index (χ4v) is 2.52. The first-order valence-corrected chi connectivity index (χ1v) is 8.44. The molecule has 132 valence electrons. The van der Waals surface area contributed by atoms with Crippen LogP contribution in [0, 0.1) is 0 Å². The number of benzene rings is 1. The minimum atomic E-state index is -0.367. The number of carbonyl (C=O) groups excluding carboxylic acids is 1. The Kier molecular flexibility index (Phi) is 7.28. The first-order chi connectivity index (χ1) is 11.7. The third kappa shape index (κ3) is 5.35. The maximum absolute atomic E-state index is 11.6. The van der Waals surface area contributed by atoms with Crippen molar-refractivity contribution in [3.8, 4) is 5.75 Å². The Morgan fingerprint density at radius 2 is 2.21 bits per heavy atom. The number of carbonyl (C=O) groups is 1. The zero-order valence-electron chi connectivity index (χ0n) is 14.6. The number of rotatable bonds is 10. The lowest BCUT2D eigenvalue weighted by atomic mass is 9.97. The first-order valence-electron chi connectivity index (χ1n) is 8.44. The van der Waals surface area contributed by atoms with Crippen molar-refractivity contribution in [3.63, 3.8) is 0 Å². The van der Waals surface area contributed by atoms with E-state index in [2.05, 4.69) is 6.92 Å². The minimum absolute atomic E-state index is 0.0591. The lowest BCUT2D eigenvalue weighted by molar-refractivity contribution is -0.137. The normalized spacial score (nSPS) is 17.7. The minimum Gasteiger partial charge on any atom is -0.496 e. The average Bonchev–Trinajstić information content (AvgIpc) is 3.41. The average molecular weight is 334 g/mol. The van der Waals surface area contributed by atoms with Gasteiger partial charge in [0.2, 0.25) is 0 Å². The number of hydrogen-bond donors (Lipinski definition) is 0. The van der Waals surface area contributed by atoms with Crippen molar-refractivity contribution in [1.82, 2.24) is 0 Å². The van der Waals surface area contributed by atoms with Crippen molar-refractivity contribution in [3.05, 3.63) is 35.4 Å². The van der Waals surface area contributed by atoms with Crippen molar-refractivity contribution in [2.45, 2.75) is 38.9 Å². The molecule has 0 amide bonds. The third-order valence-corrected chi connectivity index (χ3v) is 3.78. The zero-order chi connectivity index (χ0) is 17.4. The zero-order valence-corrected chi connectivity index (χ0v) is 14.6. The van der Waals surface area contributed by atoms with E-state index in [1.165, 1.54) is 6.08 Å². The van der Waals surface area contributed by atoms with Crippen LogP contribution in [0.4, 0.5) is 0 Å². The third-order valence-electron chi connectivity index (χ3n) is 3.78. The van der Waals surface area contributed by atoms with E-state index in [0.29, 0.717) is 19.0 Å². The summed E-state index contributed by atoms with van der Waals surface area (Å²) in [5, 5.41) is 0. The van der Waals surface area contributed by atoms with Gasteiger partial charge in [-0.2, -0.15) is 0 Å². The van der Waals surface area contributed by atoms with Gasteiger partial charge in [0.05, 0.1) is 33.0 Å². The molecule has 0 radical (unpaired) electrons. The molecule has 0 aromatic heterocycles. The SMILES string of the molecule is CCC[C@@H](OCC1CO1)c1cccc(OC)c1C=CC(=O)OCC. The van der Waals surface area contributed by atoms with E-state index in [0.717, 1.165) is 30.6 Å². The van der Waals surface area contributed by atoms with E-state index in [-0.39, 0.29) is 18.2 Å².